The summed E-state index contributed by atoms with van der Waals surface area (Å²) in [5, 5.41) is 5.69. The summed E-state index contributed by atoms with van der Waals surface area (Å²) in [5.74, 6) is 0.950. The topological polar surface area (TPSA) is 25.2 Å². The van der Waals surface area contributed by atoms with Gasteiger partial charge in [-0.15, -0.1) is 0 Å². The predicted octanol–water partition coefficient (Wildman–Crippen LogP) is 5.32. The number of aryl methyl sites for hydroxylation is 1. The molecule has 1 aliphatic rings. The van der Waals surface area contributed by atoms with E-state index in [0.29, 0.717) is 21.7 Å². The van der Waals surface area contributed by atoms with Crippen LogP contribution in [-0.4, -0.2) is 6.04 Å². The second-order valence-electron chi connectivity index (χ2n) is 4.87. The molecule has 1 aliphatic carbocycles. The van der Waals surface area contributed by atoms with Gasteiger partial charge in [-0.3, -0.25) is 0 Å². The Kier molecular flexibility index (Phi) is 3.82. The van der Waals surface area contributed by atoms with Gasteiger partial charge >= 0.3 is 0 Å². The number of rotatable bonds is 4. The Bertz CT molecular complexity index is 634. The number of nitrogens with one attached hydrogen (secondary N) is 1. The van der Waals surface area contributed by atoms with E-state index < -0.39 is 0 Å². The summed E-state index contributed by atoms with van der Waals surface area (Å²) in [6.45, 7) is 2.85. The van der Waals surface area contributed by atoms with E-state index in [2.05, 4.69) is 28.2 Å². The molecule has 0 unspecified atom stereocenters. The van der Waals surface area contributed by atoms with Crippen LogP contribution in [0.3, 0.4) is 0 Å². The minimum Gasteiger partial charge on any atom is -0.458 e. The van der Waals surface area contributed by atoms with Gasteiger partial charge in [0.15, 0.2) is 5.58 Å². The van der Waals surface area contributed by atoms with Crippen LogP contribution in [-0.2, 0) is 13.0 Å². The van der Waals surface area contributed by atoms with Crippen molar-refractivity contribution in [3.05, 3.63) is 31.9 Å². The quantitative estimate of drug-likeness (QED) is 0.745. The summed E-state index contributed by atoms with van der Waals surface area (Å²) >= 11 is 16.1. The van der Waals surface area contributed by atoms with Crippen LogP contribution in [0.2, 0.25) is 10.0 Å². The number of hydrogen-bond donors (Lipinski definition) is 1. The monoisotopic (exact) mass is 361 g/mol. The van der Waals surface area contributed by atoms with Crippen LogP contribution in [0.4, 0.5) is 0 Å². The lowest BCUT2D eigenvalue weighted by molar-refractivity contribution is 0.507. The van der Waals surface area contributed by atoms with Crippen molar-refractivity contribution in [1.29, 1.82) is 0 Å². The molecule has 3 rings (SSSR count). The van der Waals surface area contributed by atoms with Gasteiger partial charge in [-0.05, 0) is 41.3 Å². The molecule has 1 aromatic heterocycles. The molecule has 0 radical (unpaired) electrons. The second-order valence-corrected chi connectivity index (χ2v) is 6.51. The number of benzene rings is 1. The van der Waals surface area contributed by atoms with E-state index in [4.69, 9.17) is 27.6 Å². The van der Waals surface area contributed by atoms with Crippen molar-refractivity contribution < 1.29 is 4.42 Å². The highest BCUT2D eigenvalue weighted by atomic mass is 79.9. The zero-order chi connectivity index (χ0) is 13.6. The Labute approximate surface area is 130 Å². The highest BCUT2D eigenvalue weighted by Crippen LogP contribution is 2.41. The van der Waals surface area contributed by atoms with Crippen molar-refractivity contribution in [1.82, 2.24) is 5.32 Å². The number of halogens is 3. The van der Waals surface area contributed by atoms with Crippen molar-refractivity contribution in [3.8, 4) is 0 Å². The fourth-order valence-electron chi connectivity index (χ4n) is 2.31. The molecule has 1 aromatic carbocycles. The maximum Gasteiger partial charge on any atom is 0.154 e. The van der Waals surface area contributed by atoms with Crippen molar-refractivity contribution in [2.45, 2.75) is 38.8 Å². The molecule has 1 fully saturated rings. The minimum absolute atomic E-state index is 0.596. The SMILES string of the molecule is CCc1c(CNC2CC2)oc2c(Cl)cc(Br)c(Cl)c12. The fraction of sp³-hybridized carbons (Fsp3) is 0.429. The molecule has 102 valence electrons. The lowest BCUT2D eigenvalue weighted by Gasteiger charge is -2.03. The Morgan fingerprint density at radius 2 is 2.16 bits per heavy atom. The van der Waals surface area contributed by atoms with Gasteiger partial charge in [-0.2, -0.15) is 0 Å². The lowest BCUT2D eigenvalue weighted by Crippen LogP contribution is -2.15. The number of furan rings is 1. The second kappa shape index (κ2) is 5.28. The van der Waals surface area contributed by atoms with Gasteiger partial charge in [0.05, 0.1) is 16.6 Å². The van der Waals surface area contributed by atoms with Crippen LogP contribution in [0.5, 0.6) is 0 Å². The van der Waals surface area contributed by atoms with E-state index in [1.54, 1.807) is 6.07 Å². The summed E-state index contributed by atoms with van der Waals surface area (Å²) in [6.07, 6.45) is 3.39. The average Bonchev–Trinajstić information content (AvgIpc) is 3.13. The van der Waals surface area contributed by atoms with Crippen molar-refractivity contribution >= 4 is 50.1 Å². The Morgan fingerprint density at radius 3 is 2.79 bits per heavy atom. The average molecular weight is 363 g/mol. The lowest BCUT2D eigenvalue weighted by atomic mass is 10.1. The van der Waals surface area contributed by atoms with Gasteiger partial charge in [-0.25, -0.2) is 0 Å². The fourth-order valence-corrected chi connectivity index (χ4v) is 3.37. The molecular formula is C14H14BrCl2NO. The molecule has 0 saturated heterocycles. The zero-order valence-corrected chi connectivity index (χ0v) is 13.6. The van der Waals surface area contributed by atoms with E-state index in [1.807, 2.05) is 0 Å². The predicted molar refractivity (Wildman–Crippen MR) is 83.2 cm³/mol. The molecule has 19 heavy (non-hydrogen) atoms. The van der Waals surface area contributed by atoms with E-state index >= 15 is 0 Å². The van der Waals surface area contributed by atoms with Gasteiger partial charge < -0.3 is 9.73 Å². The Balaban J connectivity index is 2.11. The van der Waals surface area contributed by atoms with E-state index in [1.165, 1.54) is 12.8 Å². The van der Waals surface area contributed by atoms with Crippen LogP contribution < -0.4 is 5.32 Å². The molecule has 2 aromatic rings. The first-order valence-electron chi connectivity index (χ1n) is 6.43. The molecule has 2 nitrogen and oxygen atoms in total. The van der Waals surface area contributed by atoms with Crippen LogP contribution in [0.15, 0.2) is 15.0 Å². The first-order valence-corrected chi connectivity index (χ1v) is 7.97. The van der Waals surface area contributed by atoms with Gasteiger partial charge in [0.2, 0.25) is 0 Å². The third-order valence-corrected chi connectivity index (χ3v) is 5.00. The van der Waals surface area contributed by atoms with Gasteiger partial charge in [0.25, 0.3) is 0 Å². The highest BCUT2D eigenvalue weighted by molar-refractivity contribution is 9.10. The van der Waals surface area contributed by atoms with Crippen molar-refractivity contribution in [3.63, 3.8) is 0 Å². The summed E-state index contributed by atoms with van der Waals surface area (Å²) in [5.41, 5.74) is 1.84. The van der Waals surface area contributed by atoms with Gasteiger partial charge in [0, 0.05) is 21.5 Å². The first kappa shape index (κ1) is 13.7. The van der Waals surface area contributed by atoms with Gasteiger partial charge in [-0.1, -0.05) is 30.1 Å². The van der Waals surface area contributed by atoms with Gasteiger partial charge in [0.1, 0.15) is 5.76 Å². The maximum atomic E-state index is 6.38. The standard InChI is InChI=1S/C14H14BrCl2NO/c1-2-8-11(6-18-7-3-4-7)19-14-10(16)5-9(15)13(17)12(8)14/h5,7,18H,2-4,6H2,1H3. The number of fused-ring (bicyclic) bond motifs is 1. The molecular weight excluding hydrogens is 349 g/mol. The molecule has 0 aliphatic heterocycles. The summed E-state index contributed by atoms with van der Waals surface area (Å²) < 4.78 is 6.74. The summed E-state index contributed by atoms with van der Waals surface area (Å²) in [6, 6.07) is 2.43. The van der Waals surface area contributed by atoms with Crippen LogP contribution in [0.25, 0.3) is 11.0 Å². The first-order chi connectivity index (χ1) is 9.11. The Hall–Kier alpha value is -0.220. The minimum atomic E-state index is 0.596. The third-order valence-electron chi connectivity index (χ3n) is 3.47. The number of hydrogen-bond acceptors (Lipinski definition) is 2. The molecule has 0 bridgehead atoms. The Morgan fingerprint density at radius 1 is 1.42 bits per heavy atom. The maximum absolute atomic E-state index is 6.38. The third kappa shape index (κ3) is 2.54. The molecule has 1 N–H and O–H groups in total. The molecule has 1 heterocycles. The van der Waals surface area contributed by atoms with Crippen molar-refractivity contribution in [2.24, 2.45) is 0 Å². The molecule has 5 heteroatoms. The highest BCUT2D eigenvalue weighted by Gasteiger charge is 2.23. The molecule has 0 spiro atoms. The summed E-state index contributed by atoms with van der Waals surface area (Å²) in [4.78, 5) is 0. The van der Waals surface area contributed by atoms with E-state index in [0.717, 1.165) is 34.1 Å². The molecule has 0 atom stereocenters. The van der Waals surface area contributed by atoms with Crippen LogP contribution in [0.1, 0.15) is 31.1 Å². The normalized spacial score (nSPS) is 15.4. The molecule has 1 saturated carbocycles. The van der Waals surface area contributed by atoms with E-state index in [-0.39, 0.29) is 0 Å². The molecule has 0 amide bonds. The summed E-state index contributed by atoms with van der Waals surface area (Å²) in [7, 11) is 0. The smallest absolute Gasteiger partial charge is 0.154 e. The largest absolute Gasteiger partial charge is 0.458 e. The van der Waals surface area contributed by atoms with Crippen LogP contribution >= 0.6 is 39.1 Å². The van der Waals surface area contributed by atoms with Crippen molar-refractivity contribution in [2.75, 3.05) is 0 Å². The zero-order valence-electron chi connectivity index (χ0n) is 10.5. The van der Waals surface area contributed by atoms with E-state index in [9.17, 15) is 0 Å². The van der Waals surface area contributed by atoms with Crippen LogP contribution in [0, 0.1) is 0 Å².